The molecule has 2 N–H and O–H groups in total. The van der Waals surface area contributed by atoms with Crippen molar-refractivity contribution >= 4 is 34.8 Å². The molecule has 27 heavy (non-hydrogen) atoms. The van der Waals surface area contributed by atoms with Crippen molar-refractivity contribution in [1.29, 1.82) is 0 Å². The Labute approximate surface area is 158 Å². The highest BCUT2D eigenvalue weighted by molar-refractivity contribution is 6.34. The molecule has 2 aromatic rings. The van der Waals surface area contributed by atoms with Gasteiger partial charge in [-0.2, -0.15) is 0 Å². The highest BCUT2D eigenvalue weighted by Gasteiger charge is 2.56. The lowest BCUT2D eigenvalue weighted by atomic mass is 10.0. The molecule has 1 saturated carbocycles. The zero-order valence-electron chi connectivity index (χ0n) is 14.6. The zero-order valence-corrected chi connectivity index (χ0v) is 15.3. The quantitative estimate of drug-likeness (QED) is 0.579. The van der Waals surface area contributed by atoms with Crippen molar-refractivity contribution in [2.75, 3.05) is 10.6 Å². The van der Waals surface area contributed by atoms with Crippen LogP contribution in [0, 0.1) is 36.7 Å². The monoisotopic (exact) mass is 396 g/mol. The normalized spacial score (nSPS) is 14.6. The maximum absolute atomic E-state index is 13.8. The fraction of sp³-hybridized carbons (Fsp3) is 0.263. The Morgan fingerprint density at radius 3 is 2.22 bits per heavy atom. The van der Waals surface area contributed by atoms with Crippen molar-refractivity contribution in [1.82, 2.24) is 0 Å². The van der Waals surface area contributed by atoms with Gasteiger partial charge in [-0.1, -0.05) is 17.7 Å². The van der Waals surface area contributed by atoms with E-state index in [2.05, 4.69) is 10.6 Å². The van der Waals surface area contributed by atoms with Gasteiger partial charge >= 0.3 is 0 Å². The van der Waals surface area contributed by atoms with Crippen molar-refractivity contribution in [2.45, 2.75) is 26.7 Å². The third-order valence-corrected chi connectivity index (χ3v) is 4.87. The first kappa shape index (κ1) is 19.2. The van der Waals surface area contributed by atoms with E-state index in [9.17, 15) is 22.8 Å². The van der Waals surface area contributed by atoms with Crippen molar-refractivity contribution < 1.29 is 22.8 Å². The van der Waals surface area contributed by atoms with Crippen LogP contribution in [0.3, 0.4) is 0 Å². The summed E-state index contributed by atoms with van der Waals surface area (Å²) in [6, 6.07) is 5.11. The first-order chi connectivity index (χ1) is 12.7. The summed E-state index contributed by atoms with van der Waals surface area (Å²) in [5.74, 6) is -5.95. The molecule has 0 spiro atoms. The summed E-state index contributed by atoms with van der Waals surface area (Å²) in [5.41, 5.74) is 0.116. The van der Waals surface area contributed by atoms with Gasteiger partial charge in [0.1, 0.15) is 5.41 Å². The molecule has 4 nitrogen and oxygen atoms in total. The average Bonchev–Trinajstić information content (AvgIpc) is 3.40. The Hall–Kier alpha value is -2.54. The maximum atomic E-state index is 13.8. The number of nitrogens with one attached hydrogen (secondary N) is 2. The number of benzene rings is 2. The number of amides is 2. The van der Waals surface area contributed by atoms with Gasteiger partial charge in [-0.25, -0.2) is 13.2 Å². The van der Waals surface area contributed by atoms with Crippen LogP contribution in [0.1, 0.15) is 24.0 Å². The van der Waals surface area contributed by atoms with Crippen molar-refractivity contribution in [2.24, 2.45) is 5.41 Å². The van der Waals surface area contributed by atoms with Crippen LogP contribution < -0.4 is 10.6 Å². The second-order valence-electron chi connectivity index (χ2n) is 6.65. The number of hydrogen-bond donors (Lipinski definition) is 2. The molecule has 1 fully saturated rings. The Morgan fingerprint density at radius 1 is 1.00 bits per heavy atom. The first-order valence-electron chi connectivity index (χ1n) is 8.19. The number of rotatable bonds is 4. The van der Waals surface area contributed by atoms with Gasteiger partial charge < -0.3 is 10.6 Å². The van der Waals surface area contributed by atoms with Gasteiger partial charge in [-0.15, -0.1) is 0 Å². The van der Waals surface area contributed by atoms with Gasteiger partial charge in [-0.05, 0) is 56.0 Å². The molecule has 0 radical (unpaired) electrons. The summed E-state index contributed by atoms with van der Waals surface area (Å²) in [6.07, 6.45) is 0.497. The lowest BCUT2D eigenvalue weighted by molar-refractivity contribution is -0.131. The number of anilines is 2. The molecular formula is C19H16ClF3N2O2. The van der Waals surface area contributed by atoms with E-state index >= 15 is 0 Å². The average molecular weight is 397 g/mol. The summed E-state index contributed by atoms with van der Waals surface area (Å²) < 4.78 is 40.1. The summed E-state index contributed by atoms with van der Waals surface area (Å²) >= 11 is 6.17. The highest BCUT2D eigenvalue weighted by atomic mass is 35.5. The Morgan fingerprint density at radius 2 is 1.63 bits per heavy atom. The molecule has 1 aliphatic rings. The Balaban J connectivity index is 1.80. The molecule has 0 bridgehead atoms. The fourth-order valence-electron chi connectivity index (χ4n) is 2.85. The number of aryl methyl sites for hydroxylation is 2. The van der Waals surface area contributed by atoms with Gasteiger partial charge in [0.25, 0.3) is 0 Å². The number of halogens is 4. The van der Waals surface area contributed by atoms with Crippen LogP contribution in [0.4, 0.5) is 24.5 Å². The fourth-order valence-corrected chi connectivity index (χ4v) is 3.22. The molecule has 0 aromatic heterocycles. The van der Waals surface area contributed by atoms with Gasteiger partial charge in [-0.3, -0.25) is 9.59 Å². The van der Waals surface area contributed by atoms with Gasteiger partial charge in [0.05, 0.1) is 16.4 Å². The van der Waals surface area contributed by atoms with Gasteiger partial charge in [0, 0.05) is 0 Å². The Bertz CT molecular complexity index is 935. The van der Waals surface area contributed by atoms with Crippen LogP contribution in [-0.4, -0.2) is 11.8 Å². The molecule has 0 unspecified atom stereocenters. The van der Waals surface area contributed by atoms with E-state index in [1.165, 1.54) is 0 Å². The van der Waals surface area contributed by atoms with Crippen LogP contribution in [0.15, 0.2) is 24.3 Å². The number of hydrogen-bond acceptors (Lipinski definition) is 2. The van der Waals surface area contributed by atoms with E-state index in [0.717, 1.165) is 17.2 Å². The maximum Gasteiger partial charge on any atom is 0.240 e. The van der Waals surface area contributed by atoms with E-state index in [4.69, 9.17) is 11.6 Å². The molecule has 2 aromatic carbocycles. The standard InChI is InChI=1S/C19H16ClF3N2O2/c1-9-7-10(2)16(11(20)8-9)25-18(27)19(5-6-19)17(26)24-13-4-3-12(21)14(22)15(13)23/h3-4,7-8H,5-6H2,1-2H3,(H,24,26)(H,25,27). The molecule has 0 aliphatic heterocycles. The second kappa shape index (κ2) is 6.88. The molecule has 8 heteroatoms. The topological polar surface area (TPSA) is 58.2 Å². The highest BCUT2D eigenvalue weighted by Crippen LogP contribution is 2.48. The lowest BCUT2D eigenvalue weighted by Crippen LogP contribution is -2.36. The van der Waals surface area contributed by atoms with Crippen LogP contribution in [-0.2, 0) is 9.59 Å². The van der Waals surface area contributed by atoms with E-state index in [0.29, 0.717) is 16.8 Å². The minimum Gasteiger partial charge on any atom is -0.324 e. The minimum absolute atomic E-state index is 0.249. The van der Waals surface area contributed by atoms with Crippen molar-refractivity contribution in [3.05, 3.63) is 57.9 Å². The zero-order chi connectivity index (χ0) is 19.9. The molecule has 0 heterocycles. The van der Waals surface area contributed by atoms with Gasteiger partial charge in [0.2, 0.25) is 11.8 Å². The van der Waals surface area contributed by atoms with Crippen LogP contribution >= 0.6 is 11.6 Å². The molecule has 0 saturated heterocycles. The van der Waals surface area contributed by atoms with Crippen molar-refractivity contribution in [3.63, 3.8) is 0 Å². The molecule has 3 rings (SSSR count). The summed E-state index contributed by atoms with van der Waals surface area (Å²) in [6.45, 7) is 3.63. The Kier molecular flexibility index (Phi) is 4.90. The summed E-state index contributed by atoms with van der Waals surface area (Å²) in [4.78, 5) is 25.2. The molecule has 142 valence electrons. The predicted octanol–water partition coefficient (Wildman–Crippen LogP) is 4.73. The predicted molar refractivity (Wildman–Crippen MR) is 96.2 cm³/mol. The number of carbonyl (C=O) groups excluding carboxylic acids is 2. The van der Waals surface area contributed by atoms with Crippen molar-refractivity contribution in [3.8, 4) is 0 Å². The largest absolute Gasteiger partial charge is 0.324 e. The van der Waals surface area contributed by atoms with E-state index in [-0.39, 0.29) is 12.8 Å². The van der Waals surface area contributed by atoms with E-state index < -0.39 is 40.4 Å². The third-order valence-electron chi connectivity index (χ3n) is 4.57. The van der Waals surface area contributed by atoms with Gasteiger partial charge in [0.15, 0.2) is 17.5 Å². The minimum atomic E-state index is -1.69. The summed E-state index contributed by atoms with van der Waals surface area (Å²) in [7, 11) is 0. The van der Waals surface area contributed by atoms with Crippen LogP contribution in [0.25, 0.3) is 0 Å². The number of carbonyl (C=O) groups is 2. The smallest absolute Gasteiger partial charge is 0.240 e. The molecule has 2 amide bonds. The third kappa shape index (κ3) is 3.51. The SMILES string of the molecule is Cc1cc(C)c(NC(=O)C2(C(=O)Nc3ccc(F)c(F)c3F)CC2)c(Cl)c1. The van der Waals surface area contributed by atoms with Crippen LogP contribution in [0.2, 0.25) is 5.02 Å². The molecule has 1 aliphatic carbocycles. The van der Waals surface area contributed by atoms with Crippen LogP contribution in [0.5, 0.6) is 0 Å². The summed E-state index contributed by atoms with van der Waals surface area (Å²) in [5, 5.41) is 5.16. The molecular weight excluding hydrogens is 381 g/mol. The first-order valence-corrected chi connectivity index (χ1v) is 8.56. The second-order valence-corrected chi connectivity index (χ2v) is 7.06. The van der Waals surface area contributed by atoms with E-state index in [1.54, 1.807) is 13.0 Å². The van der Waals surface area contributed by atoms with E-state index in [1.807, 2.05) is 13.0 Å². The lowest BCUT2D eigenvalue weighted by Gasteiger charge is -2.18. The molecule has 0 atom stereocenters.